The lowest BCUT2D eigenvalue weighted by atomic mass is 10.2. The van der Waals surface area contributed by atoms with Crippen molar-refractivity contribution in [1.82, 2.24) is 9.62 Å². The standard InChI is InChI=1S/C8H19N3O2S/c1-11(8-4-2-3-5-8)7-6-10-14(9,12)13/h8,10H,2-7H2,1H3,(H2,9,12,13). The summed E-state index contributed by atoms with van der Waals surface area (Å²) in [6.45, 7) is 1.12. The van der Waals surface area contributed by atoms with Gasteiger partial charge in [-0.05, 0) is 19.9 Å². The summed E-state index contributed by atoms with van der Waals surface area (Å²) in [6, 6.07) is 0.622. The molecule has 1 aliphatic rings. The summed E-state index contributed by atoms with van der Waals surface area (Å²) >= 11 is 0. The fraction of sp³-hybridized carbons (Fsp3) is 1.00. The van der Waals surface area contributed by atoms with E-state index in [2.05, 4.69) is 9.62 Å². The topological polar surface area (TPSA) is 75.4 Å². The van der Waals surface area contributed by atoms with Gasteiger partial charge >= 0.3 is 0 Å². The summed E-state index contributed by atoms with van der Waals surface area (Å²) in [7, 11) is -1.49. The van der Waals surface area contributed by atoms with Crippen LogP contribution in [-0.4, -0.2) is 39.5 Å². The number of rotatable bonds is 5. The number of likely N-dealkylation sites (N-methyl/N-ethyl adjacent to an activating group) is 1. The van der Waals surface area contributed by atoms with Crippen molar-refractivity contribution in [2.75, 3.05) is 20.1 Å². The Morgan fingerprint density at radius 2 is 2.00 bits per heavy atom. The second kappa shape index (κ2) is 5.06. The molecule has 3 N–H and O–H groups in total. The molecule has 0 aromatic heterocycles. The molecule has 0 aromatic carbocycles. The largest absolute Gasteiger partial charge is 0.302 e. The van der Waals surface area contributed by atoms with Crippen LogP contribution in [-0.2, 0) is 10.2 Å². The van der Waals surface area contributed by atoms with Gasteiger partial charge < -0.3 is 4.90 Å². The van der Waals surface area contributed by atoms with Gasteiger partial charge in [0.2, 0.25) is 0 Å². The summed E-state index contributed by atoms with van der Waals surface area (Å²) in [6.07, 6.45) is 5.03. The molecule has 1 rings (SSSR count). The monoisotopic (exact) mass is 221 g/mol. The Hall–Kier alpha value is -0.170. The predicted molar refractivity (Wildman–Crippen MR) is 56.0 cm³/mol. The molecule has 0 radical (unpaired) electrons. The molecule has 0 unspecified atom stereocenters. The van der Waals surface area contributed by atoms with Crippen molar-refractivity contribution in [3.05, 3.63) is 0 Å². The minimum atomic E-state index is -3.52. The highest BCUT2D eigenvalue weighted by Crippen LogP contribution is 2.21. The van der Waals surface area contributed by atoms with Crippen molar-refractivity contribution in [3.8, 4) is 0 Å². The van der Waals surface area contributed by atoms with Gasteiger partial charge in [0.25, 0.3) is 10.2 Å². The maximum atomic E-state index is 10.6. The van der Waals surface area contributed by atoms with Gasteiger partial charge in [0.05, 0.1) is 0 Å². The molecule has 0 aromatic rings. The average molecular weight is 221 g/mol. The maximum Gasteiger partial charge on any atom is 0.274 e. The highest BCUT2D eigenvalue weighted by atomic mass is 32.2. The van der Waals surface area contributed by atoms with Crippen molar-refractivity contribution in [2.24, 2.45) is 5.14 Å². The minimum absolute atomic E-state index is 0.395. The third-order valence-electron chi connectivity index (χ3n) is 2.72. The van der Waals surface area contributed by atoms with Crippen LogP contribution < -0.4 is 9.86 Å². The molecular formula is C8H19N3O2S. The summed E-state index contributed by atoms with van der Waals surface area (Å²) in [4.78, 5) is 2.20. The maximum absolute atomic E-state index is 10.6. The third kappa shape index (κ3) is 4.36. The molecule has 0 saturated heterocycles. The first-order chi connectivity index (χ1) is 6.49. The Kier molecular flexibility index (Phi) is 4.31. The molecule has 1 fully saturated rings. The fourth-order valence-electron chi connectivity index (χ4n) is 1.89. The van der Waals surface area contributed by atoms with E-state index >= 15 is 0 Å². The Morgan fingerprint density at radius 3 is 2.50 bits per heavy atom. The first kappa shape index (κ1) is 11.9. The van der Waals surface area contributed by atoms with Crippen molar-refractivity contribution in [1.29, 1.82) is 0 Å². The lowest BCUT2D eigenvalue weighted by molar-refractivity contribution is 0.250. The summed E-state index contributed by atoms with van der Waals surface area (Å²) in [5.74, 6) is 0. The van der Waals surface area contributed by atoms with Gasteiger partial charge in [-0.1, -0.05) is 12.8 Å². The predicted octanol–water partition coefficient (Wildman–Crippen LogP) is -0.346. The normalized spacial score (nSPS) is 19.4. The van der Waals surface area contributed by atoms with Gasteiger partial charge in [-0.15, -0.1) is 0 Å². The van der Waals surface area contributed by atoms with Crippen LogP contribution in [0.25, 0.3) is 0 Å². The van der Waals surface area contributed by atoms with E-state index in [1.54, 1.807) is 0 Å². The van der Waals surface area contributed by atoms with Crippen LogP contribution in [0.4, 0.5) is 0 Å². The molecule has 0 spiro atoms. The summed E-state index contributed by atoms with van der Waals surface area (Å²) in [5.41, 5.74) is 0. The second-order valence-electron chi connectivity index (χ2n) is 3.86. The molecule has 14 heavy (non-hydrogen) atoms. The lowest BCUT2D eigenvalue weighted by Crippen LogP contribution is -2.39. The number of nitrogens with one attached hydrogen (secondary N) is 1. The molecule has 1 aliphatic carbocycles. The van der Waals surface area contributed by atoms with Gasteiger partial charge in [-0.2, -0.15) is 8.42 Å². The van der Waals surface area contributed by atoms with Crippen LogP contribution >= 0.6 is 0 Å². The molecule has 0 aliphatic heterocycles. The van der Waals surface area contributed by atoms with Crippen molar-refractivity contribution in [3.63, 3.8) is 0 Å². The molecule has 1 saturated carbocycles. The van der Waals surface area contributed by atoms with Gasteiger partial charge in [0.1, 0.15) is 0 Å². The van der Waals surface area contributed by atoms with E-state index in [1.807, 2.05) is 7.05 Å². The zero-order valence-electron chi connectivity index (χ0n) is 8.57. The van der Waals surface area contributed by atoms with E-state index in [4.69, 9.17) is 5.14 Å². The van der Waals surface area contributed by atoms with Crippen molar-refractivity contribution >= 4 is 10.2 Å². The molecule has 0 atom stereocenters. The summed E-state index contributed by atoms with van der Waals surface area (Å²) < 4.78 is 23.4. The third-order valence-corrected chi connectivity index (χ3v) is 3.32. The molecule has 6 heteroatoms. The molecule has 0 bridgehead atoms. The van der Waals surface area contributed by atoms with Crippen LogP contribution in [0, 0.1) is 0 Å². The van der Waals surface area contributed by atoms with E-state index in [-0.39, 0.29) is 0 Å². The number of hydrogen-bond donors (Lipinski definition) is 2. The lowest BCUT2D eigenvalue weighted by Gasteiger charge is -2.23. The van der Waals surface area contributed by atoms with Crippen LogP contribution in [0.1, 0.15) is 25.7 Å². The zero-order valence-corrected chi connectivity index (χ0v) is 9.39. The van der Waals surface area contributed by atoms with Gasteiger partial charge in [0.15, 0.2) is 0 Å². The molecule has 5 nitrogen and oxygen atoms in total. The van der Waals surface area contributed by atoms with E-state index < -0.39 is 10.2 Å². The molecule has 84 valence electrons. The number of nitrogens with zero attached hydrogens (tertiary/aromatic N) is 1. The van der Waals surface area contributed by atoms with Crippen LogP contribution in [0.2, 0.25) is 0 Å². The zero-order chi connectivity index (χ0) is 10.6. The van der Waals surface area contributed by atoms with E-state index in [1.165, 1.54) is 25.7 Å². The first-order valence-electron chi connectivity index (χ1n) is 4.96. The van der Waals surface area contributed by atoms with Crippen molar-refractivity contribution in [2.45, 2.75) is 31.7 Å². The first-order valence-corrected chi connectivity index (χ1v) is 6.51. The van der Waals surface area contributed by atoms with E-state index in [0.29, 0.717) is 12.6 Å². The van der Waals surface area contributed by atoms with E-state index in [9.17, 15) is 8.42 Å². The fourth-order valence-corrected chi connectivity index (χ4v) is 2.27. The molecule has 0 heterocycles. The highest BCUT2D eigenvalue weighted by Gasteiger charge is 2.18. The van der Waals surface area contributed by atoms with Gasteiger partial charge in [0, 0.05) is 19.1 Å². The smallest absolute Gasteiger partial charge is 0.274 e. The van der Waals surface area contributed by atoms with Gasteiger partial charge in [-0.3, -0.25) is 0 Å². The Labute approximate surface area is 85.8 Å². The Balaban J connectivity index is 2.17. The minimum Gasteiger partial charge on any atom is -0.302 e. The number of nitrogens with two attached hydrogens (primary N) is 1. The average Bonchev–Trinajstić information content (AvgIpc) is 2.53. The highest BCUT2D eigenvalue weighted by molar-refractivity contribution is 7.87. The quantitative estimate of drug-likeness (QED) is 0.666. The van der Waals surface area contributed by atoms with Crippen LogP contribution in [0.5, 0.6) is 0 Å². The Morgan fingerprint density at radius 1 is 1.43 bits per heavy atom. The van der Waals surface area contributed by atoms with Crippen molar-refractivity contribution < 1.29 is 8.42 Å². The number of hydrogen-bond acceptors (Lipinski definition) is 3. The van der Waals surface area contributed by atoms with Gasteiger partial charge in [-0.25, -0.2) is 9.86 Å². The van der Waals surface area contributed by atoms with Crippen LogP contribution in [0.3, 0.4) is 0 Å². The second-order valence-corrected chi connectivity index (χ2v) is 5.24. The summed E-state index contributed by atoms with van der Waals surface area (Å²) in [5, 5.41) is 4.82. The Bertz CT molecular complexity index is 260. The van der Waals surface area contributed by atoms with E-state index in [0.717, 1.165) is 6.54 Å². The van der Waals surface area contributed by atoms with Crippen LogP contribution in [0.15, 0.2) is 0 Å². The SMILES string of the molecule is CN(CCNS(N)(=O)=O)C1CCCC1. The molecular weight excluding hydrogens is 202 g/mol. The molecule has 0 amide bonds.